The van der Waals surface area contributed by atoms with Gasteiger partial charge in [0.2, 0.25) is 11.1 Å². The van der Waals surface area contributed by atoms with E-state index in [1.165, 1.54) is 16.4 Å². The number of hydrogen-bond donors (Lipinski definition) is 2. The van der Waals surface area contributed by atoms with E-state index in [1.54, 1.807) is 0 Å². The van der Waals surface area contributed by atoms with E-state index in [0.717, 1.165) is 12.8 Å². The summed E-state index contributed by atoms with van der Waals surface area (Å²) in [6, 6.07) is 0.361. The van der Waals surface area contributed by atoms with Crippen molar-refractivity contribution in [2.75, 3.05) is 5.75 Å². The highest BCUT2D eigenvalue weighted by Gasteiger charge is 2.22. The zero-order valence-electron chi connectivity index (χ0n) is 9.57. The molecule has 18 heavy (non-hydrogen) atoms. The molecule has 1 aromatic rings. The molecule has 8 nitrogen and oxygen atoms in total. The lowest BCUT2D eigenvalue weighted by molar-refractivity contribution is -0.138. The lowest BCUT2D eigenvalue weighted by atomic mass is 10.4. The fraction of sp³-hybridized carbons (Fsp3) is 0.667. The van der Waals surface area contributed by atoms with Crippen molar-refractivity contribution in [2.24, 2.45) is 0 Å². The first-order valence-electron chi connectivity index (χ1n) is 5.55. The molecule has 0 aromatic carbocycles. The van der Waals surface area contributed by atoms with Crippen LogP contribution < -0.4 is 5.32 Å². The highest BCUT2D eigenvalue weighted by Crippen LogP contribution is 2.19. The summed E-state index contributed by atoms with van der Waals surface area (Å²) in [7, 11) is 0. The molecule has 2 N–H and O–H groups in total. The molecule has 1 amide bonds. The largest absolute Gasteiger partial charge is 0.480 e. The molecule has 0 saturated heterocycles. The molecule has 0 bridgehead atoms. The SMILES string of the molecule is O=C(O)Cn1nnnc1SCCC(=O)NC1CC1. The highest BCUT2D eigenvalue weighted by molar-refractivity contribution is 7.99. The van der Waals surface area contributed by atoms with Crippen LogP contribution in [0, 0.1) is 0 Å². The van der Waals surface area contributed by atoms with Crippen LogP contribution in [0.5, 0.6) is 0 Å². The lowest BCUT2D eigenvalue weighted by Gasteiger charge is -2.03. The first kappa shape index (κ1) is 12.8. The van der Waals surface area contributed by atoms with Crippen molar-refractivity contribution in [3.63, 3.8) is 0 Å². The van der Waals surface area contributed by atoms with Crippen LogP contribution in [0.15, 0.2) is 5.16 Å². The van der Waals surface area contributed by atoms with Crippen LogP contribution in [0.3, 0.4) is 0 Å². The smallest absolute Gasteiger partial charge is 0.325 e. The van der Waals surface area contributed by atoms with Crippen LogP contribution in [0.1, 0.15) is 19.3 Å². The molecule has 0 aliphatic heterocycles. The van der Waals surface area contributed by atoms with E-state index >= 15 is 0 Å². The summed E-state index contributed by atoms with van der Waals surface area (Å²) in [5, 5.41) is 22.6. The van der Waals surface area contributed by atoms with Gasteiger partial charge in [-0.25, -0.2) is 4.68 Å². The Bertz CT molecular complexity index is 445. The Labute approximate surface area is 107 Å². The number of rotatable bonds is 7. The topological polar surface area (TPSA) is 110 Å². The third kappa shape index (κ3) is 3.99. The average Bonchev–Trinajstić information content (AvgIpc) is 2.99. The minimum atomic E-state index is -1.00. The molecule has 1 fully saturated rings. The number of carboxylic acids is 1. The third-order valence-corrected chi connectivity index (χ3v) is 3.25. The number of carbonyl (C=O) groups is 2. The fourth-order valence-corrected chi connectivity index (χ4v) is 2.10. The van der Waals surface area contributed by atoms with E-state index in [4.69, 9.17) is 5.11 Å². The molecule has 1 heterocycles. The van der Waals surface area contributed by atoms with Gasteiger partial charge in [0.25, 0.3) is 0 Å². The van der Waals surface area contributed by atoms with Crippen molar-refractivity contribution in [3.05, 3.63) is 0 Å². The van der Waals surface area contributed by atoms with Gasteiger partial charge in [0.1, 0.15) is 6.54 Å². The van der Waals surface area contributed by atoms with Gasteiger partial charge in [0.15, 0.2) is 0 Å². The zero-order chi connectivity index (χ0) is 13.0. The van der Waals surface area contributed by atoms with Crippen LogP contribution in [0.4, 0.5) is 0 Å². The third-order valence-electron chi connectivity index (χ3n) is 2.29. The predicted molar refractivity (Wildman–Crippen MR) is 62.0 cm³/mol. The minimum absolute atomic E-state index is 0.0160. The first-order valence-corrected chi connectivity index (χ1v) is 6.54. The number of tetrazole rings is 1. The van der Waals surface area contributed by atoms with E-state index in [0.29, 0.717) is 23.4 Å². The maximum atomic E-state index is 11.4. The Balaban J connectivity index is 1.73. The zero-order valence-corrected chi connectivity index (χ0v) is 10.4. The number of thioether (sulfide) groups is 1. The second kappa shape index (κ2) is 5.80. The van der Waals surface area contributed by atoms with Crippen LogP contribution in [-0.2, 0) is 16.1 Å². The molecule has 9 heteroatoms. The number of aliphatic carboxylic acids is 1. The Morgan fingerprint density at radius 1 is 1.50 bits per heavy atom. The van der Waals surface area contributed by atoms with Crippen LogP contribution >= 0.6 is 11.8 Å². The molecule has 1 aliphatic carbocycles. The monoisotopic (exact) mass is 271 g/mol. The molecule has 0 unspecified atom stereocenters. The molecular formula is C9H13N5O3S. The van der Waals surface area contributed by atoms with Crippen molar-refractivity contribution < 1.29 is 14.7 Å². The summed E-state index contributed by atoms with van der Waals surface area (Å²) in [6.45, 7) is -0.274. The van der Waals surface area contributed by atoms with Gasteiger partial charge in [-0.1, -0.05) is 11.8 Å². The van der Waals surface area contributed by atoms with Crippen LogP contribution in [0.2, 0.25) is 0 Å². The molecule has 0 atom stereocenters. The van der Waals surface area contributed by atoms with E-state index in [1.807, 2.05) is 0 Å². The van der Waals surface area contributed by atoms with Crippen LogP contribution in [0.25, 0.3) is 0 Å². The normalized spacial score (nSPS) is 14.4. The number of nitrogens with one attached hydrogen (secondary N) is 1. The number of amides is 1. The number of aromatic nitrogens is 4. The molecule has 98 valence electrons. The van der Waals surface area contributed by atoms with Crippen molar-refractivity contribution in [2.45, 2.75) is 37.0 Å². The van der Waals surface area contributed by atoms with Gasteiger partial charge < -0.3 is 10.4 Å². The summed E-state index contributed by atoms with van der Waals surface area (Å²) in [5.74, 6) is -0.462. The lowest BCUT2D eigenvalue weighted by Crippen LogP contribution is -2.25. The Hall–Kier alpha value is -1.64. The minimum Gasteiger partial charge on any atom is -0.480 e. The second-order valence-corrected chi connectivity index (χ2v) is 5.02. The summed E-state index contributed by atoms with van der Waals surface area (Å²) >= 11 is 1.27. The summed E-state index contributed by atoms with van der Waals surface area (Å²) < 4.78 is 1.20. The van der Waals surface area contributed by atoms with Gasteiger partial charge in [0, 0.05) is 18.2 Å². The maximum Gasteiger partial charge on any atom is 0.325 e. The van der Waals surface area contributed by atoms with Crippen molar-refractivity contribution in [3.8, 4) is 0 Å². The molecule has 0 radical (unpaired) electrons. The maximum absolute atomic E-state index is 11.4. The van der Waals surface area contributed by atoms with Gasteiger partial charge in [-0.2, -0.15) is 0 Å². The van der Waals surface area contributed by atoms with E-state index in [-0.39, 0.29) is 12.5 Å². The number of carboxylic acid groups (broad SMARTS) is 1. The summed E-state index contributed by atoms with van der Waals surface area (Å²) in [6.07, 6.45) is 2.51. The van der Waals surface area contributed by atoms with Gasteiger partial charge in [-0.15, -0.1) is 5.10 Å². The summed E-state index contributed by atoms with van der Waals surface area (Å²) in [4.78, 5) is 21.9. The van der Waals surface area contributed by atoms with Crippen molar-refractivity contribution in [1.82, 2.24) is 25.5 Å². The quantitative estimate of drug-likeness (QED) is 0.644. The Kier molecular flexibility index (Phi) is 4.13. The van der Waals surface area contributed by atoms with Crippen LogP contribution in [-0.4, -0.2) is 49.0 Å². The Morgan fingerprint density at radius 2 is 2.28 bits per heavy atom. The number of nitrogens with zero attached hydrogens (tertiary/aromatic N) is 4. The van der Waals surface area contributed by atoms with E-state index < -0.39 is 5.97 Å². The fourth-order valence-electron chi connectivity index (χ4n) is 1.29. The first-order chi connectivity index (χ1) is 8.65. The second-order valence-electron chi connectivity index (χ2n) is 3.95. The summed E-state index contributed by atoms with van der Waals surface area (Å²) in [5.41, 5.74) is 0. The molecule has 1 aliphatic rings. The Morgan fingerprint density at radius 3 is 2.94 bits per heavy atom. The molecule has 2 rings (SSSR count). The molecule has 1 aromatic heterocycles. The average molecular weight is 271 g/mol. The van der Waals surface area contributed by atoms with Gasteiger partial charge in [-0.3, -0.25) is 9.59 Å². The number of carbonyl (C=O) groups excluding carboxylic acids is 1. The molecule has 0 spiro atoms. The van der Waals surface area contributed by atoms with E-state index in [9.17, 15) is 9.59 Å². The standard InChI is InChI=1S/C9H13N5O3S/c15-7(10-6-1-2-6)3-4-18-9-11-12-13-14(9)5-8(16)17/h6H,1-5H2,(H,10,15)(H,16,17). The van der Waals surface area contributed by atoms with Crippen molar-refractivity contribution >= 4 is 23.6 Å². The van der Waals surface area contributed by atoms with Gasteiger partial charge in [-0.05, 0) is 23.3 Å². The molecular weight excluding hydrogens is 258 g/mol. The molecule has 1 saturated carbocycles. The predicted octanol–water partition coefficient (Wildman–Crippen LogP) is -0.482. The highest BCUT2D eigenvalue weighted by atomic mass is 32.2. The van der Waals surface area contributed by atoms with E-state index in [2.05, 4.69) is 20.8 Å². The van der Waals surface area contributed by atoms with Gasteiger partial charge >= 0.3 is 5.97 Å². The van der Waals surface area contributed by atoms with Crippen molar-refractivity contribution in [1.29, 1.82) is 0 Å². The number of hydrogen-bond acceptors (Lipinski definition) is 6. The van der Waals surface area contributed by atoms with Gasteiger partial charge in [0.05, 0.1) is 0 Å².